The van der Waals surface area contributed by atoms with Crippen molar-refractivity contribution >= 4 is 11.9 Å². The summed E-state index contributed by atoms with van der Waals surface area (Å²) in [6.07, 6.45) is 3.16. The highest BCUT2D eigenvalue weighted by molar-refractivity contribution is 5.95. The smallest absolute Gasteiger partial charge is 0.325 e. The maximum Gasteiger partial charge on any atom is 0.325 e. The van der Waals surface area contributed by atoms with E-state index in [-0.39, 0.29) is 12.5 Å². The molecule has 0 saturated carbocycles. The summed E-state index contributed by atoms with van der Waals surface area (Å²) >= 11 is 0. The quantitative estimate of drug-likeness (QED) is 0.652. The molecule has 1 amide bonds. The second kappa shape index (κ2) is 8.31. The van der Waals surface area contributed by atoms with Crippen LogP contribution in [0.2, 0.25) is 0 Å². The normalized spacial score (nSPS) is 10.3. The third-order valence-corrected chi connectivity index (χ3v) is 2.68. The van der Waals surface area contributed by atoms with Crippen LogP contribution in [0.25, 0.3) is 0 Å². The first-order chi connectivity index (χ1) is 9.62. The zero-order valence-corrected chi connectivity index (χ0v) is 12.2. The van der Waals surface area contributed by atoms with Crippen molar-refractivity contribution in [1.29, 1.82) is 0 Å². The van der Waals surface area contributed by atoms with Crippen molar-refractivity contribution in [3.05, 3.63) is 18.0 Å². The number of carbonyl (C=O) groups excluding carboxylic acids is 2. The summed E-state index contributed by atoms with van der Waals surface area (Å²) in [7, 11) is 1.54. The number of amides is 1. The Hall–Kier alpha value is -1.89. The third-order valence-electron chi connectivity index (χ3n) is 2.68. The second-order valence-corrected chi connectivity index (χ2v) is 4.11. The fourth-order valence-electron chi connectivity index (χ4n) is 1.65. The van der Waals surface area contributed by atoms with E-state index in [4.69, 9.17) is 9.47 Å². The molecule has 0 spiro atoms. The number of ether oxygens (including phenoxy) is 2. The molecule has 0 aliphatic rings. The number of methoxy groups -OCH3 is 1. The van der Waals surface area contributed by atoms with Crippen LogP contribution < -0.4 is 0 Å². The van der Waals surface area contributed by atoms with E-state index in [0.717, 1.165) is 0 Å². The monoisotopic (exact) mass is 283 g/mol. The summed E-state index contributed by atoms with van der Waals surface area (Å²) < 4.78 is 11.5. The van der Waals surface area contributed by atoms with Gasteiger partial charge >= 0.3 is 5.97 Å². The lowest BCUT2D eigenvalue weighted by Crippen LogP contribution is -2.38. The lowest BCUT2D eigenvalue weighted by molar-refractivity contribution is -0.143. The number of carbonyl (C=O) groups is 2. The van der Waals surface area contributed by atoms with Crippen molar-refractivity contribution in [1.82, 2.24) is 14.7 Å². The van der Waals surface area contributed by atoms with Crippen molar-refractivity contribution in [2.24, 2.45) is 0 Å². The van der Waals surface area contributed by atoms with Crippen LogP contribution in [0.5, 0.6) is 0 Å². The average Bonchev–Trinajstić information content (AvgIpc) is 2.91. The van der Waals surface area contributed by atoms with Crippen molar-refractivity contribution in [2.75, 3.05) is 33.4 Å². The highest BCUT2D eigenvalue weighted by Gasteiger charge is 2.20. The van der Waals surface area contributed by atoms with Gasteiger partial charge in [0.1, 0.15) is 6.54 Å². The van der Waals surface area contributed by atoms with E-state index < -0.39 is 5.97 Å². The minimum absolute atomic E-state index is 0.0899. The molecule has 1 aromatic rings. The van der Waals surface area contributed by atoms with E-state index in [1.807, 2.05) is 6.92 Å². The Kier molecular flexibility index (Phi) is 6.72. The number of nitrogens with zero attached hydrogens (tertiary/aromatic N) is 3. The standard InChI is InChI=1S/C13H21N3O4/c1-4-16-9-11(8-14-16)13(18)15(6-7-19-3)10-12(17)20-5-2/h8-9H,4-7,10H2,1-3H3. The molecule has 0 atom stereocenters. The van der Waals surface area contributed by atoms with Gasteiger partial charge in [-0.25, -0.2) is 0 Å². The third kappa shape index (κ3) is 4.65. The Morgan fingerprint density at radius 2 is 2.15 bits per heavy atom. The van der Waals surface area contributed by atoms with Crippen LogP contribution >= 0.6 is 0 Å². The highest BCUT2D eigenvalue weighted by atomic mass is 16.5. The number of aromatic nitrogens is 2. The molecule has 0 fully saturated rings. The first kappa shape index (κ1) is 16.2. The molecule has 0 N–H and O–H groups in total. The van der Waals surface area contributed by atoms with Crippen molar-refractivity contribution in [2.45, 2.75) is 20.4 Å². The summed E-state index contributed by atoms with van der Waals surface area (Å²) in [6, 6.07) is 0. The summed E-state index contributed by atoms with van der Waals surface area (Å²) in [5, 5.41) is 4.06. The van der Waals surface area contributed by atoms with Gasteiger partial charge in [0.2, 0.25) is 0 Å². The Balaban J connectivity index is 2.74. The Labute approximate surface area is 118 Å². The van der Waals surface area contributed by atoms with Gasteiger partial charge in [-0.15, -0.1) is 0 Å². The first-order valence-electron chi connectivity index (χ1n) is 6.58. The molecule has 112 valence electrons. The fourth-order valence-corrected chi connectivity index (χ4v) is 1.65. The van der Waals surface area contributed by atoms with E-state index >= 15 is 0 Å². The summed E-state index contributed by atoms with van der Waals surface area (Å²) in [6.45, 7) is 5.22. The molecule has 7 nitrogen and oxygen atoms in total. The molecule has 0 aromatic carbocycles. The molecule has 0 aliphatic heterocycles. The largest absolute Gasteiger partial charge is 0.465 e. The van der Waals surface area contributed by atoms with Gasteiger partial charge in [-0.2, -0.15) is 5.10 Å². The molecule has 20 heavy (non-hydrogen) atoms. The van der Waals surface area contributed by atoms with Gasteiger partial charge in [0.25, 0.3) is 5.91 Å². The van der Waals surface area contributed by atoms with Crippen molar-refractivity contribution in [3.63, 3.8) is 0 Å². The summed E-state index contributed by atoms with van der Waals surface area (Å²) in [5.74, 6) is -0.686. The number of aryl methyl sites for hydroxylation is 1. The molecule has 0 aliphatic carbocycles. The number of hydrogen-bond acceptors (Lipinski definition) is 5. The molecule has 0 radical (unpaired) electrons. The van der Waals surface area contributed by atoms with Crippen LogP contribution in [-0.4, -0.2) is 60.0 Å². The Morgan fingerprint density at radius 1 is 1.40 bits per heavy atom. The molecule has 7 heteroatoms. The molecule has 1 aromatic heterocycles. The van der Waals surface area contributed by atoms with Crippen molar-refractivity contribution in [3.8, 4) is 0 Å². The highest BCUT2D eigenvalue weighted by Crippen LogP contribution is 2.05. The van der Waals surface area contributed by atoms with Gasteiger partial charge in [0, 0.05) is 26.4 Å². The SMILES string of the molecule is CCOC(=O)CN(CCOC)C(=O)c1cnn(CC)c1. The van der Waals surface area contributed by atoms with Gasteiger partial charge in [0.05, 0.1) is 25.0 Å². The summed E-state index contributed by atoms with van der Waals surface area (Å²) in [5.41, 5.74) is 0.451. The van der Waals surface area contributed by atoms with Crippen molar-refractivity contribution < 1.29 is 19.1 Å². The predicted octanol–water partition coefficient (Wildman–Crippen LogP) is 0.555. The van der Waals surface area contributed by atoms with E-state index in [0.29, 0.717) is 31.9 Å². The molecule has 0 saturated heterocycles. The van der Waals surface area contributed by atoms with Gasteiger partial charge in [0.15, 0.2) is 0 Å². The van der Waals surface area contributed by atoms with Gasteiger partial charge in [-0.05, 0) is 13.8 Å². The number of hydrogen-bond donors (Lipinski definition) is 0. The zero-order chi connectivity index (χ0) is 15.0. The van der Waals surface area contributed by atoms with E-state index in [9.17, 15) is 9.59 Å². The van der Waals surface area contributed by atoms with Crippen LogP contribution in [0.3, 0.4) is 0 Å². The Morgan fingerprint density at radius 3 is 2.70 bits per heavy atom. The second-order valence-electron chi connectivity index (χ2n) is 4.11. The Bertz CT molecular complexity index is 445. The van der Waals surface area contributed by atoms with Gasteiger partial charge < -0.3 is 14.4 Å². The number of esters is 1. The van der Waals surface area contributed by atoms with Crippen LogP contribution in [0, 0.1) is 0 Å². The molecule has 0 unspecified atom stereocenters. The maximum atomic E-state index is 12.3. The average molecular weight is 283 g/mol. The van der Waals surface area contributed by atoms with Crippen LogP contribution in [-0.2, 0) is 20.8 Å². The summed E-state index contributed by atoms with van der Waals surface area (Å²) in [4.78, 5) is 25.3. The minimum Gasteiger partial charge on any atom is -0.465 e. The van der Waals surface area contributed by atoms with Crippen LogP contribution in [0.15, 0.2) is 12.4 Å². The molecular formula is C13H21N3O4. The maximum absolute atomic E-state index is 12.3. The minimum atomic E-state index is -0.431. The van der Waals surface area contributed by atoms with Gasteiger partial charge in [-0.3, -0.25) is 14.3 Å². The molecule has 0 bridgehead atoms. The predicted molar refractivity (Wildman–Crippen MR) is 72.3 cm³/mol. The van der Waals surface area contributed by atoms with E-state index in [1.165, 1.54) is 11.1 Å². The lowest BCUT2D eigenvalue weighted by atomic mass is 10.3. The van der Waals surface area contributed by atoms with Crippen LogP contribution in [0.1, 0.15) is 24.2 Å². The first-order valence-corrected chi connectivity index (χ1v) is 6.58. The van der Waals surface area contributed by atoms with E-state index in [1.54, 1.807) is 24.9 Å². The number of rotatable bonds is 8. The fraction of sp³-hybridized carbons (Fsp3) is 0.615. The molecule has 1 heterocycles. The van der Waals surface area contributed by atoms with Crippen LogP contribution in [0.4, 0.5) is 0 Å². The lowest BCUT2D eigenvalue weighted by Gasteiger charge is -2.20. The molecule has 1 rings (SSSR count). The van der Waals surface area contributed by atoms with Gasteiger partial charge in [-0.1, -0.05) is 0 Å². The van der Waals surface area contributed by atoms with E-state index in [2.05, 4.69) is 5.10 Å². The molecular weight excluding hydrogens is 262 g/mol. The topological polar surface area (TPSA) is 73.7 Å². The zero-order valence-electron chi connectivity index (χ0n) is 12.2.